The van der Waals surface area contributed by atoms with Gasteiger partial charge in [-0.1, -0.05) is 30.2 Å². The highest BCUT2D eigenvalue weighted by molar-refractivity contribution is 7.91. The number of hydrogen-bond acceptors (Lipinski definition) is 9. The Bertz CT molecular complexity index is 1810. The highest BCUT2D eigenvalue weighted by atomic mass is 35.5. The predicted molar refractivity (Wildman–Crippen MR) is 187 cm³/mol. The zero-order chi connectivity index (χ0) is 36.0. The fourth-order valence-corrected chi connectivity index (χ4v) is 8.76. The normalized spacial score (nSPS) is 29.0. The number of sulfonamides is 1. The number of hydrogen-bond donors (Lipinski definition) is 2. The number of carbonyl (C=O) groups excluding carboxylic acids is 3. The molecule has 1 saturated heterocycles. The van der Waals surface area contributed by atoms with Crippen LogP contribution in [0.15, 0.2) is 30.4 Å². The van der Waals surface area contributed by atoms with Crippen LogP contribution in [0.1, 0.15) is 85.0 Å². The van der Waals surface area contributed by atoms with Gasteiger partial charge in [-0.25, -0.2) is 13.4 Å². The van der Waals surface area contributed by atoms with Crippen LogP contribution in [0, 0.1) is 11.3 Å². The van der Waals surface area contributed by atoms with Crippen molar-refractivity contribution in [2.45, 2.75) is 114 Å². The molecule has 1 aromatic heterocycles. The monoisotopic (exact) mass is 731 g/mol. The molecule has 2 saturated carbocycles. The average Bonchev–Trinajstić information content (AvgIpc) is 3.93. The minimum absolute atomic E-state index is 0.130. The first-order valence-electron chi connectivity index (χ1n) is 17.6. The maximum Gasteiger partial charge on any atom is 0.281 e. The number of fused-ring (bicyclic) bond motifs is 3. The van der Waals surface area contributed by atoms with Gasteiger partial charge in [-0.15, -0.1) is 0 Å². The minimum Gasteiger partial charge on any atom is -0.493 e. The molecule has 1 aromatic carbocycles. The molecule has 3 fully saturated rings. The number of nitrogens with one attached hydrogen (secondary N) is 1. The molecule has 3 heterocycles. The zero-order valence-electron chi connectivity index (χ0n) is 29.2. The fraction of sp³-hybridized carbons (Fsp3) is 0.611. The molecule has 50 heavy (non-hydrogen) atoms. The van der Waals surface area contributed by atoms with Crippen LogP contribution in [0.5, 0.6) is 17.4 Å². The number of amides is 2. The number of ether oxygens (including phenoxy) is 3. The molecule has 0 spiro atoms. The minimum atomic E-state index is -3.90. The Morgan fingerprint density at radius 1 is 1.18 bits per heavy atom. The van der Waals surface area contributed by atoms with Crippen LogP contribution in [-0.2, 0) is 24.4 Å². The number of quaternary nitrogens is 1. The van der Waals surface area contributed by atoms with Crippen LogP contribution in [0.2, 0.25) is 5.02 Å². The predicted octanol–water partition coefficient (Wildman–Crippen LogP) is 4.13. The van der Waals surface area contributed by atoms with Gasteiger partial charge in [0, 0.05) is 30.7 Å². The third kappa shape index (κ3) is 7.18. The van der Waals surface area contributed by atoms with Crippen LogP contribution < -0.4 is 24.7 Å². The lowest BCUT2D eigenvalue weighted by Gasteiger charge is -2.26. The van der Waals surface area contributed by atoms with Crippen molar-refractivity contribution in [1.82, 2.24) is 14.6 Å². The maximum atomic E-state index is 14.3. The van der Waals surface area contributed by atoms with E-state index < -0.39 is 44.3 Å². The molecule has 12 nitrogen and oxygen atoms in total. The van der Waals surface area contributed by atoms with Crippen molar-refractivity contribution < 1.29 is 42.7 Å². The summed E-state index contributed by atoms with van der Waals surface area (Å²) in [6.07, 6.45) is 8.55. The van der Waals surface area contributed by atoms with Crippen LogP contribution in [0.25, 0.3) is 10.9 Å². The summed E-state index contributed by atoms with van der Waals surface area (Å²) in [6, 6.07) is 3.71. The molecule has 4 N–H and O–H groups in total. The van der Waals surface area contributed by atoms with Crippen LogP contribution >= 0.6 is 11.6 Å². The number of rotatable bonds is 8. The summed E-state index contributed by atoms with van der Waals surface area (Å²) in [4.78, 5) is 48.2. The van der Waals surface area contributed by atoms with E-state index in [2.05, 4.69) is 15.4 Å². The van der Waals surface area contributed by atoms with Crippen molar-refractivity contribution in [3.63, 3.8) is 0 Å². The molecule has 2 aromatic rings. The van der Waals surface area contributed by atoms with Crippen LogP contribution in [0.3, 0.4) is 0 Å². The molecular formula is C36H48ClN4O8S+. The Morgan fingerprint density at radius 3 is 2.64 bits per heavy atom. The van der Waals surface area contributed by atoms with Gasteiger partial charge in [0.15, 0.2) is 17.6 Å². The smallest absolute Gasteiger partial charge is 0.281 e. The SMILES string of the molecule is COc1c(Cl)ccc2c(O[C@@H]3C[C@H]4C(=O)C[C@]5(C(=O)NS(=O)(=O)C6(C)CC6)C[C@@H]5/C=C\CCCCC[C@H]([NH3+])C(=O)N4C3)cc(OC(C)C)nc12. The van der Waals surface area contributed by atoms with E-state index in [0.29, 0.717) is 59.0 Å². The average molecular weight is 732 g/mol. The third-order valence-corrected chi connectivity index (χ3v) is 13.1. The lowest BCUT2D eigenvalue weighted by molar-refractivity contribution is -0.407. The fourth-order valence-electron chi connectivity index (χ4n) is 7.19. The lowest BCUT2D eigenvalue weighted by Crippen LogP contribution is -2.68. The van der Waals surface area contributed by atoms with E-state index in [0.717, 1.165) is 25.7 Å². The van der Waals surface area contributed by atoms with Gasteiger partial charge in [-0.3, -0.25) is 19.1 Å². The quantitative estimate of drug-likeness (QED) is 0.380. The number of methoxy groups -OCH3 is 1. The molecule has 2 aliphatic heterocycles. The van der Waals surface area contributed by atoms with E-state index in [9.17, 15) is 22.8 Å². The Balaban J connectivity index is 1.31. The highest BCUT2D eigenvalue weighted by Gasteiger charge is 2.62. The van der Waals surface area contributed by atoms with Crippen molar-refractivity contribution >= 4 is 50.1 Å². The Hall–Kier alpha value is -3.42. The summed E-state index contributed by atoms with van der Waals surface area (Å²) in [5.41, 5.74) is 3.41. The van der Waals surface area contributed by atoms with Gasteiger partial charge in [0.25, 0.3) is 5.91 Å². The van der Waals surface area contributed by atoms with Gasteiger partial charge in [0.05, 0.1) is 41.0 Å². The molecule has 2 amide bonds. The second-order valence-electron chi connectivity index (χ2n) is 14.8. The lowest BCUT2D eigenvalue weighted by atomic mass is 9.91. The van der Waals surface area contributed by atoms with E-state index >= 15 is 0 Å². The summed E-state index contributed by atoms with van der Waals surface area (Å²) in [5, 5.41) is 0.989. The second kappa shape index (κ2) is 14.0. The number of pyridine rings is 1. The zero-order valence-corrected chi connectivity index (χ0v) is 30.8. The first-order valence-corrected chi connectivity index (χ1v) is 19.4. The molecule has 6 rings (SSSR count). The largest absolute Gasteiger partial charge is 0.493 e. The van der Waals surface area contributed by atoms with Crippen molar-refractivity contribution in [2.24, 2.45) is 11.3 Å². The third-order valence-electron chi connectivity index (χ3n) is 10.6. The highest BCUT2D eigenvalue weighted by Crippen LogP contribution is 2.57. The summed E-state index contributed by atoms with van der Waals surface area (Å²) in [6.45, 7) is 5.51. The summed E-state index contributed by atoms with van der Waals surface area (Å²) in [7, 11) is -2.40. The Kier molecular flexibility index (Phi) is 10.1. The van der Waals surface area contributed by atoms with E-state index in [1.807, 2.05) is 26.0 Å². The molecule has 272 valence electrons. The van der Waals surface area contributed by atoms with Gasteiger partial charge in [0.1, 0.15) is 17.4 Å². The topological polar surface area (TPSA) is 169 Å². The van der Waals surface area contributed by atoms with Gasteiger partial charge in [-0.05, 0) is 77.3 Å². The van der Waals surface area contributed by atoms with Gasteiger partial charge < -0.3 is 24.8 Å². The summed E-state index contributed by atoms with van der Waals surface area (Å²) >= 11 is 6.43. The van der Waals surface area contributed by atoms with Crippen LogP contribution in [-0.4, -0.2) is 78.6 Å². The molecule has 0 bridgehead atoms. The van der Waals surface area contributed by atoms with E-state index in [-0.39, 0.29) is 43.1 Å². The Labute approximate surface area is 298 Å². The Morgan fingerprint density at radius 2 is 1.94 bits per heavy atom. The first-order chi connectivity index (χ1) is 23.7. The maximum absolute atomic E-state index is 14.3. The molecule has 4 aliphatic rings. The van der Waals surface area contributed by atoms with E-state index in [1.165, 1.54) is 7.11 Å². The van der Waals surface area contributed by atoms with Crippen molar-refractivity contribution in [3.8, 4) is 17.4 Å². The van der Waals surface area contributed by atoms with Gasteiger partial charge >= 0.3 is 0 Å². The number of halogens is 1. The molecule has 2 aliphatic carbocycles. The van der Waals surface area contributed by atoms with E-state index in [4.69, 9.17) is 25.8 Å². The molecular weight excluding hydrogens is 684 g/mol. The molecule has 0 radical (unpaired) electrons. The van der Waals surface area contributed by atoms with Crippen LogP contribution in [0.4, 0.5) is 0 Å². The first kappa shape index (κ1) is 36.4. The van der Waals surface area contributed by atoms with E-state index in [1.54, 1.807) is 30.0 Å². The second-order valence-corrected chi connectivity index (χ2v) is 17.4. The molecule has 5 atom stereocenters. The molecule has 14 heteroatoms. The number of Topliss-reactive ketones (excluding diaryl/α,β-unsaturated/α-hetero) is 1. The number of aromatic nitrogens is 1. The number of ketones is 1. The number of nitrogens with zero attached hydrogens (tertiary/aromatic N) is 2. The number of benzene rings is 1. The van der Waals surface area contributed by atoms with Gasteiger partial charge in [-0.2, -0.15) is 0 Å². The standard InChI is InChI=1S/C36H47ClN4O8S/c1-21(2)48-30-17-29(24-12-13-25(37)32(47-4)31(24)39-30)49-23-16-27-28(42)19-36(34(44)40-50(45,46)35(3)14-15-35)18-22(36)10-8-6-5-7-9-11-26(38)33(43)41(27)20-23/h8,10,12-13,17,21-23,26-27H,5-7,9,11,14-16,18-20,38H2,1-4H3,(H,40,44)/p+1/b10-8-/t22-,23+,26-,27-,36+/m0/s1. The van der Waals surface area contributed by atoms with Crippen molar-refractivity contribution in [1.29, 1.82) is 0 Å². The van der Waals surface area contributed by atoms with Crippen molar-refractivity contribution in [2.75, 3.05) is 13.7 Å². The molecule has 0 unspecified atom stereocenters. The number of allylic oxidation sites excluding steroid dienone is 2. The van der Waals surface area contributed by atoms with Gasteiger partial charge in [0.2, 0.25) is 21.8 Å². The van der Waals surface area contributed by atoms with Crippen molar-refractivity contribution in [3.05, 3.63) is 35.4 Å². The number of carbonyl (C=O) groups is 3. The summed E-state index contributed by atoms with van der Waals surface area (Å²) in [5.74, 6) is -0.370. The summed E-state index contributed by atoms with van der Waals surface area (Å²) < 4.78 is 45.6.